The highest BCUT2D eigenvalue weighted by Crippen LogP contribution is 2.15. The minimum Gasteiger partial charge on any atom is -0.408 e. The topological polar surface area (TPSA) is 92.8 Å². The number of nitrogens with zero attached hydrogens (tertiary/aromatic N) is 3. The lowest BCUT2D eigenvalue weighted by molar-refractivity contribution is -0.132. The molecule has 0 atom stereocenters. The maximum Gasteiger partial charge on any atom is 0.419 e. The molecule has 2 aromatic carbocycles. The normalized spacial score (nSPS) is 15.5. The summed E-state index contributed by atoms with van der Waals surface area (Å²) < 4.78 is 33.4. The molecule has 0 aliphatic carbocycles. The fourth-order valence-corrected chi connectivity index (χ4v) is 5.20. The summed E-state index contributed by atoms with van der Waals surface area (Å²) in [4.78, 5) is 26.3. The molecule has 3 aromatic rings. The van der Waals surface area contributed by atoms with E-state index in [0.717, 1.165) is 5.56 Å². The minimum absolute atomic E-state index is 0.0434. The predicted molar refractivity (Wildman–Crippen MR) is 112 cm³/mol. The van der Waals surface area contributed by atoms with Crippen LogP contribution in [0.5, 0.6) is 0 Å². The third-order valence-corrected chi connectivity index (χ3v) is 7.15. The van der Waals surface area contributed by atoms with E-state index in [1.807, 2.05) is 24.3 Å². The molecule has 4 rings (SSSR count). The summed E-state index contributed by atoms with van der Waals surface area (Å²) in [5.41, 5.74) is 1.90. The number of amides is 1. The monoisotopic (exact) mass is 429 g/mol. The maximum absolute atomic E-state index is 12.6. The van der Waals surface area contributed by atoms with Crippen LogP contribution in [0.25, 0.3) is 11.1 Å². The Morgan fingerprint density at radius 3 is 2.33 bits per heavy atom. The zero-order chi connectivity index (χ0) is 21.1. The predicted octanol–water partition coefficient (Wildman–Crippen LogP) is 1.66. The molecule has 1 fully saturated rings. The number of benzene rings is 2. The number of piperazine rings is 1. The highest BCUT2D eigenvalue weighted by molar-refractivity contribution is 7.88. The lowest BCUT2D eigenvalue weighted by Gasteiger charge is -2.34. The summed E-state index contributed by atoms with van der Waals surface area (Å²) >= 11 is 0. The number of carbonyl (C=O) groups excluding carboxylic acids is 1. The van der Waals surface area contributed by atoms with Crippen molar-refractivity contribution in [2.45, 2.75) is 18.7 Å². The van der Waals surface area contributed by atoms with Gasteiger partial charge in [-0.2, -0.15) is 4.31 Å². The van der Waals surface area contributed by atoms with Crippen molar-refractivity contribution >= 4 is 27.0 Å². The molecule has 158 valence electrons. The van der Waals surface area contributed by atoms with E-state index < -0.39 is 15.8 Å². The van der Waals surface area contributed by atoms with Crippen LogP contribution >= 0.6 is 0 Å². The lowest BCUT2D eigenvalue weighted by atomic mass is 10.2. The van der Waals surface area contributed by atoms with E-state index in [9.17, 15) is 18.0 Å². The summed E-state index contributed by atoms with van der Waals surface area (Å²) in [6.45, 7) is 1.45. The molecule has 1 aliphatic rings. The third-order valence-electron chi connectivity index (χ3n) is 5.30. The Balaban J connectivity index is 1.33. The Morgan fingerprint density at radius 2 is 1.60 bits per heavy atom. The van der Waals surface area contributed by atoms with E-state index in [0.29, 0.717) is 24.2 Å². The van der Waals surface area contributed by atoms with Crippen LogP contribution in [-0.2, 0) is 27.1 Å². The maximum atomic E-state index is 12.6. The number of oxazole rings is 1. The smallest absolute Gasteiger partial charge is 0.408 e. The van der Waals surface area contributed by atoms with Gasteiger partial charge in [-0.05, 0) is 17.7 Å². The molecule has 8 nitrogen and oxygen atoms in total. The Hall–Kier alpha value is -2.91. The van der Waals surface area contributed by atoms with Gasteiger partial charge in [-0.25, -0.2) is 13.2 Å². The molecule has 0 bridgehead atoms. The largest absolute Gasteiger partial charge is 0.419 e. The van der Waals surface area contributed by atoms with Gasteiger partial charge in [-0.1, -0.05) is 42.5 Å². The van der Waals surface area contributed by atoms with Gasteiger partial charge in [0.25, 0.3) is 0 Å². The molecule has 30 heavy (non-hydrogen) atoms. The summed E-state index contributed by atoms with van der Waals surface area (Å²) in [6, 6.07) is 16.1. The number of para-hydroxylation sites is 2. The van der Waals surface area contributed by atoms with Crippen molar-refractivity contribution < 1.29 is 17.6 Å². The molecular formula is C21H23N3O5S. The SMILES string of the molecule is O=C(CCn1c(=O)oc2ccccc21)N1CCN(S(=O)(=O)Cc2ccccc2)CC1. The van der Waals surface area contributed by atoms with E-state index in [-0.39, 0.29) is 37.7 Å². The second kappa shape index (κ2) is 8.45. The zero-order valence-corrected chi connectivity index (χ0v) is 17.3. The van der Waals surface area contributed by atoms with Gasteiger partial charge in [0.1, 0.15) is 0 Å². The first kappa shape index (κ1) is 20.4. The summed E-state index contributed by atoms with van der Waals surface area (Å²) in [6.07, 6.45) is 0.153. The van der Waals surface area contributed by atoms with Gasteiger partial charge in [0.15, 0.2) is 5.58 Å². The minimum atomic E-state index is -3.43. The van der Waals surface area contributed by atoms with Crippen molar-refractivity contribution in [3.8, 4) is 0 Å². The average Bonchev–Trinajstić information content (AvgIpc) is 3.07. The average molecular weight is 429 g/mol. The van der Waals surface area contributed by atoms with Crippen molar-refractivity contribution in [2.24, 2.45) is 0 Å². The number of carbonyl (C=O) groups is 1. The fraction of sp³-hybridized carbons (Fsp3) is 0.333. The molecule has 9 heteroatoms. The third kappa shape index (κ3) is 4.31. The molecule has 0 spiro atoms. The van der Waals surface area contributed by atoms with Crippen LogP contribution in [0.4, 0.5) is 0 Å². The molecule has 1 aliphatic heterocycles. The van der Waals surface area contributed by atoms with Gasteiger partial charge < -0.3 is 9.32 Å². The van der Waals surface area contributed by atoms with E-state index in [4.69, 9.17) is 4.42 Å². The number of hydrogen-bond donors (Lipinski definition) is 0. The van der Waals surface area contributed by atoms with Gasteiger partial charge in [-0.3, -0.25) is 9.36 Å². The van der Waals surface area contributed by atoms with E-state index in [2.05, 4.69) is 0 Å². The second-order valence-corrected chi connectivity index (χ2v) is 9.23. The van der Waals surface area contributed by atoms with Crippen LogP contribution in [0.2, 0.25) is 0 Å². The van der Waals surface area contributed by atoms with Crippen molar-refractivity contribution in [3.63, 3.8) is 0 Å². The van der Waals surface area contributed by atoms with Gasteiger partial charge in [0.2, 0.25) is 15.9 Å². The molecule has 1 aromatic heterocycles. The molecule has 1 amide bonds. The highest BCUT2D eigenvalue weighted by Gasteiger charge is 2.29. The molecular weight excluding hydrogens is 406 g/mol. The van der Waals surface area contributed by atoms with Gasteiger partial charge in [0.05, 0.1) is 11.3 Å². The second-order valence-electron chi connectivity index (χ2n) is 7.26. The summed E-state index contributed by atoms with van der Waals surface area (Å²) in [5, 5.41) is 0. The summed E-state index contributed by atoms with van der Waals surface area (Å²) in [5.74, 6) is -0.633. The first-order valence-electron chi connectivity index (χ1n) is 9.82. The van der Waals surface area contributed by atoms with E-state index in [1.165, 1.54) is 8.87 Å². The molecule has 1 saturated heterocycles. The molecule has 0 unspecified atom stereocenters. The highest BCUT2D eigenvalue weighted by atomic mass is 32.2. The summed E-state index contributed by atoms with van der Waals surface area (Å²) in [7, 11) is -3.43. The molecule has 0 N–H and O–H groups in total. The van der Waals surface area contributed by atoms with Crippen molar-refractivity contribution in [3.05, 3.63) is 70.7 Å². The Labute approximate surface area is 174 Å². The number of rotatable bonds is 6. The first-order chi connectivity index (χ1) is 14.4. The molecule has 2 heterocycles. The standard InChI is InChI=1S/C21H23N3O5S/c25-20(10-11-24-18-8-4-5-9-19(18)29-21(24)26)22-12-14-23(15-13-22)30(27,28)16-17-6-2-1-3-7-17/h1-9H,10-16H2. The first-order valence-corrected chi connectivity index (χ1v) is 11.4. The number of fused-ring (bicyclic) bond motifs is 1. The quantitative estimate of drug-likeness (QED) is 0.594. The van der Waals surface area contributed by atoms with Gasteiger partial charge >= 0.3 is 5.76 Å². The Morgan fingerprint density at radius 1 is 0.933 bits per heavy atom. The van der Waals surface area contributed by atoms with E-state index >= 15 is 0 Å². The lowest BCUT2D eigenvalue weighted by Crippen LogP contribution is -2.50. The fourth-order valence-electron chi connectivity index (χ4n) is 3.68. The van der Waals surface area contributed by atoms with Crippen LogP contribution < -0.4 is 5.76 Å². The number of aryl methyl sites for hydroxylation is 1. The van der Waals surface area contributed by atoms with Gasteiger partial charge in [0, 0.05) is 39.1 Å². The van der Waals surface area contributed by atoms with Crippen molar-refractivity contribution in [1.82, 2.24) is 13.8 Å². The van der Waals surface area contributed by atoms with Crippen molar-refractivity contribution in [2.75, 3.05) is 26.2 Å². The number of aromatic nitrogens is 1. The molecule has 0 saturated carbocycles. The van der Waals surface area contributed by atoms with Crippen LogP contribution in [-0.4, -0.2) is 54.3 Å². The number of sulfonamides is 1. The van der Waals surface area contributed by atoms with Crippen LogP contribution in [0.3, 0.4) is 0 Å². The van der Waals surface area contributed by atoms with E-state index in [1.54, 1.807) is 35.2 Å². The molecule has 0 radical (unpaired) electrons. The number of hydrogen-bond acceptors (Lipinski definition) is 5. The Bertz CT molecular complexity index is 1190. The van der Waals surface area contributed by atoms with Crippen LogP contribution in [0, 0.1) is 0 Å². The Kier molecular flexibility index (Phi) is 5.74. The van der Waals surface area contributed by atoms with Gasteiger partial charge in [-0.15, -0.1) is 0 Å². The van der Waals surface area contributed by atoms with Crippen molar-refractivity contribution in [1.29, 1.82) is 0 Å². The zero-order valence-electron chi connectivity index (χ0n) is 16.4. The van der Waals surface area contributed by atoms with Crippen LogP contribution in [0.15, 0.2) is 63.8 Å². The van der Waals surface area contributed by atoms with Crippen LogP contribution in [0.1, 0.15) is 12.0 Å².